The van der Waals surface area contributed by atoms with Crippen molar-refractivity contribution >= 4 is 6.03 Å². The molecule has 2 amide bonds. The topological polar surface area (TPSA) is 47.6 Å². The van der Waals surface area contributed by atoms with Crippen LogP contribution in [0.1, 0.15) is 12.8 Å². The van der Waals surface area contributed by atoms with Gasteiger partial charge in [-0.2, -0.15) is 0 Å². The maximum Gasteiger partial charge on any atom is 0.320 e. The van der Waals surface area contributed by atoms with Gasteiger partial charge in [0.05, 0.1) is 0 Å². The standard InChI is InChI=1S/C11H22N4O/c1-12-9-3-5-14(7-9)11(16)15-6-4-10(8-15)13-2/h9-10,12-13H,3-8H2,1-2H3. The second kappa shape index (κ2) is 5.01. The summed E-state index contributed by atoms with van der Waals surface area (Å²) in [5.74, 6) is 0. The molecule has 2 heterocycles. The van der Waals surface area contributed by atoms with Gasteiger partial charge in [0.25, 0.3) is 0 Å². The summed E-state index contributed by atoms with van der Waals surface area (Å²) in [5.41, 5.74) is 0. The predicted molar refractivity (Wildman–Crippen MR) is 63.5 cm³/mol. The molecular formula is C11H22N4O. The third-order valence-electron chi connectivity index (χ3n) is 3.73. The van der Waals surface area contributed by atoms with E-state index in [1.165, 1.54) is 0 Å². The van der Waals surface area contributed by atoms with Crippen molar-refractivity contribution in [3.63, 3.8) is 0 Å². The van der Waals surface area contributed by atoms with Crippen molar-refractivity contribution in [1.29, 1.82) is 0 Å². The highest BCUT2D eigenvalue weighted by molar-refractivity contribution is 5.75. The van der Waals surface area contributed by atoms with Crippen LogP contribution in [0.3, 0.4) is 0 Å². The lowest BCUT2D eigenvalue weighted by molar-refractivity contribution is 0.171. The summed E-state index contributed by atoms with van der Waals surface area (Å²) < 4.78 is 0. The summed E-state index contributed by atoms with van der Waals surface area (Å²) in [4.78, 5) is 16.1. The third kappa shape index (κ3) is 2.30. The van der Waals surface area contributed by atoms with Gasteiger partial charge in [-0.1, -0.05) is 0 Å². The van der Waals surface area contributed by atoms with Crippen LogP contribution < -0.4 is 10.6 Å². The first-order valence-electron chi connectivity index (χ1n) is 6.13. The molecule has 2 fully saturated rings. The number of carbonyl (C=O) groups excluding carboxylic acids is 1. The van der Waals surface area contributed by atoms with Gasteiger partial charge in [-0.15, -0.1) is 0 Å². The summed E-state index contributed by atoms with van der Waals surface area (Å²) in [5, 5.41) is 6.47. The Labute approximate surface area is 97.2 Å². The molecule has 0 spiro atoms. The van der Waals surface area contributed by atoms with Crippen LogP contribution in [-0.2, 0) is 0 Å². The van der Waals surface area contributed by atoms with Crippen molar-refractivity contribution in [3.05, 3.63) is 0 Å². The van der Waals surface area contributed by atoms with Gasteiger partial charge in [0.2, 0.25) is 0 Å². The van der Waals surface area contributed by atoms with Crippen LogP contribution in [0.2, 0.25) is 0 Å². The number of amides is 2. The Morgan fingerprint density at radius 1 is 1.00 bits per heavy atom. The van der Waals surface area contributed by atoms with Crippen LogP contribution in [0.5, 0.6) is 0 Å². The molecule has 0 aliphatic carbocycles. The molecule has 0 aromatic carbocycles. The molecular weight excluding hydrogens is 204 g/mol. The summed E-state index contributed by atoms with van der Waals surface area (Å²) in [6, 6.07) is 1.17. The first-order chi connectivity index (χ1) is 7.74. The third-order valence-corrected chi connectivity index (χ3v) is 3.73. The number of nitrogens with one attached hydrogen (secondary N) is 2. The Hall–Kier alpha value is -0.810. The minimum absolute atomic E-state index is 0.218. The van der Waals surface area contributed by atoms with Gasteiger partial charge >= 0.3 is 6.03 Å². The van der Waals surface area contributed by atoms with Gasteiger partial charge < -0.3 is 20.4 Å². The Bertz CT molecular complexity index is 234. The molecule has 0 saturated carbocycles. The molecule has 2 rings (SSSR count). The molecule has 16 heavy (non-hydrogen) atoms. The number of carbonyl (C=O) groups is 1. The van der Waals surface area contributed by atoms with Crippen LogP contribution in [0, 0.1) is 0 Å². The number of nitrogens with zero attached hydrogens (tertiary/aromatic N) is 2. The molecule has 2 N–H and O–H groups in total. The highest BCUT2D eigenvalue weighted by atomic mass is 16.2. The predicted octanol–water partition coefficient (Wildman–Crippen LogP) is -0.306. The zero-order valence-electron chi connectivity index (χ0n) is 10.2. The van der Waals surface area contributed by atoms with Crippen molar-refractivity contribution in [2.75, 3.05) is 40.3 Å². The van der Waals surface area contributed by atoms with Crippen LogP contribution in [0.25, 0.3) is 0 Å². The van der Waals surface area contributed by atoms with E-state index in [-0.39, 0.29) is 6.03 Å². The van der Waals surface area contributed by atoms with E-state index in [0.717, 1.165) is 39.0 Å². The number of likely N-dealkylation sites (N-methyl/N-ethyl adjacent to an activating group) is 2. The molecule has 0 aromatic rings. The molecule has 2 aliphatic rings. The maximum atomic E-state index is 12.2. The van der Waals surface area contributed by atoms with Crippen molar-refractivity contribution < 1.29 is 4.79 Å². The highest BCUT2D eigenvalue weighted by Crippen LogP contribution is 2.15. The number of rotatable bonds is 2. The van der Waals surface area contributed by atoms with E-state index in [2.05, 4.69) is 10.6 Å². The van der Waals surface area contributed by atoms with Gasteiger partial charge in [-0.25, -0.2) is 4.79 Å². The van der Waals surface area contributed by atoms with E-state index in [9.17, 15) is 4.79 Å². The monoisotopic (exact) mass is 226 g/mol. The smallest absolute Gasteiger partial charge is 0.320 e. The molecule has 5 nitrogen and oxygen atoms in total. The van der Waals surface area contributed by atoms with E-state index in [0.29, 0.717) is 12.1 Å². The van der Waals surface area contributed by atoms with E-state index in [4.69, 9.17) is 0 Å². The van der Waals surface area contributed by atoms with Crippen molar-refractivity contribution in [1.82, 2.24) is 20.4 Å². The van der Waals surface area contributed by atoms with Crippen molar-refractivity contribution in [3.8, 4) is 0 Å². The number of urea groups is 1. The average molecular weight is 226 g/mol. The molecule has 0 bridgehead atoms. The lowest BCUT2D eigenvalue weighted by atomic mass is 10.3. The molecule has 0 aromatic heterocycles. The Morgan fingerprint density at radius 2 is 1.44 bits per heavy atom. The molecule has 0 radical (unpaired) electrons. The lowest BCUT2D eigenvalue weighted by Crippen LogP contribution is -2.43. The molecule has 5 heteroatoms. The van der Waals surface area contributed by atoms with E-state index in [1.807, 2.05) is 23.9 Å². The fourth-order valence-corrected chi connectivity index (χ4v) is 2.54. The summed E-state index contributed by atoms with van der Waals surface area (Å²) in [6.07, 6.45) is 2.15. The molecule has 2 aliphatic heterocycles. The second-order valence-corrected chi connectivity index (χ2v) is 4.72. The first-order valence-corrected chi connectivity index (χ1v) is 6.13. The van der Waals surface area contributed by atoms with Crippen LogP contribution in [0.4, 0.5) is 4.79 Å². The van der Waals surface area contributed by atoms with Crippen molar-refractivity contribution in [2.24, 2.45) is 0 Å². The Morgan fingerprint density at radius 3 is 1.75 bits per heavy atom. The van der Waals surface area contributed by atoms with E-state index < -0.39 is 0 Å². The van der Waals surface area contributed by atoms with Gasteiger partial charge in [0.15, 0.2) is 0 Å². The van der Waals surface area contributed by atoms with Crippen molar-refractivity contribution in [2.45, 2.75) is 24.9 Å². The van der Waals surface area contributed by atoms with Gasteiger partial charge in [-0.05, 0) is 26.9 Å². The molecule has 2 atom stereocenters. The van der Waals surface area contributed by atoms with E-state index in [1.54, 1.807) is 0 Å². The zero-order chi connectivity index (χ0) is 11.5. The summed E-state index contributed by atoms with van der Waals surface area (Å²) in [6.45, 7) is 3.50. The fraction of sp³-hybridized carbons (Fsp3) is 0.909. The minimum atomic E-state index is 0.218. The van der Waals surface area contributed by atoms with E-state index >= 15 is 0 Å². The van der Waals surface area contributed by atoms with Crippen LogP contribution in [-0.4, -0.2) is 68.2 Å². The number of likely N-dealkylation sites (tertiary alicyclic amines) is 2. The normalized spacial score (nSPS) is 30.1. The average Bonchev–Trinajstić information content (AvgIpc) is 2.97. The lowest BCUT2D eigenvalue weighted by Gasteiger charge is -2.24. The Kier molecular flexibility index (Phi) is 3.66. The van der Waals surface area contributed by atoms with Gasteiger partial charge in [-0.3, -0.25) is 0 Å². The highest BCUT2D eigenvalue weighted by Gasteiger charge is 2.32. The fourth-order valence-electron chi connectivity index (χ4n) is 2.54. The number of hydrogen-bond acceptors (Lipinski definition) is 3. The first kappa shape index (κ1) is 11.7. The second-order valence-electron chi connectivity index (χ2n) is 4.72. The quantitative estimate of drug-likeness (QED) is 0.679. The summed E-state index contributed by atoms with van der Waals surface area (Å²) >= 11 is 0. The molecule has 2 unspecified atom stereocenters. The number of hydrogen-bond donors (Lipinski definition) is 2. The van der Waals surface area contributed by atoms with Crippen LogP contribution >= 0.6 is 0 Å². The van der Waals surface area contributed by atoms with Gasteiger partial charge in [0.1, 0.15) is 0 Å². The van der Waals surface area contributed by atoms with Gasteiger partial charge in [0, 0.05) is 38.3 Å². The molecule has 2 saturated heterocycles. The van der Waals surface area contributed by atoms with Crippen LogP contribution in [0.15, 0.2) is 0 Å². The zero-order valence-corrected chi connectivity index (χ0v) is 10.2. The maximum absolute atomic E-state index is 12.2. The largest absolute Gasteiger partial charge is 0.323 e. The summed E-state index contributed by atoms with van der Waals surface area (Å²) in [7, 11) is 3.93. The minimum Gasteiger partial charge on any atom is -0.323 e. The SMILES string of the molecule is CNC1CCN(C(=O)N2CCC(NC)C2)C1. The Balaban J connectivity index is 1.84. The molecule has 92 valence electrons.